The summed E-state index contributed by atoms with van der Waals surface area (Å²) in [4.78, 5) is 42.5. The predicted octanol–water partition coefficient (Wildman–Crippen LogP) is 5.01. The maximum atomic E-state index is 13.4. The number of alkyl halides is 3. The number of carbonyl (C=O) groups is 3. The van der Waals surface area contributed by atoms with E-state index in [0.717, 1.165) is 29.9 Å². The molecule has 5 nitrogen and oxygen atoms in total. The molecular weight excluding hydrogens is 441 g/mol. The molecule has 2 heterocycles. The molecule has 3 aliphatic rings. The molecule has 2 aliphatic heterocycles. The van der Waals surface area contributed by atoms with Crippen molar-refractivity contribution in [3.63, 3.8) is 0 Å². The highest BCUT2D eigenvalue weighted by atomic mass is 32.2. The predicted molar refractivity (Wildman–Crippen MR) is 111 cm³/mol. The van der Waals surface area contributed by atoms with Gasteiger partial charge < -0.3 is 0 Å². The number of fused-ring (bicyclic) bond motifs is 3. The molecule has 0 unspecified atom stereocenters. The number of imide groups is 1. The molecule has 1 saturated heterocycles. The Morgan fingerprint density at radius 3 is 2.22 bits per heavy atom. The molecule has 2 aromatic rings. The summed E-state index contributed by atoms with van der Waals surface area (Å²) in [5, 5.41) is 0. The van der Waals surface area contributed by atoms with Crippen LogP contribution in [0, 0.1) is 11.8 Å². The van der Waals surface area contributed by atoms with Gasteiger partial charge in [0.15, 0.2) is 0 Å². The summed E-state index contributed by atoms with van der Waals surface area (Å²) in [5.74, 6) is -2.10. The van der Waals surface area contributed by atoms with Crippen LogP contribution in [0.5, 0.6) is 0 Å². The van der Waals surface area contributed by atoms with Crippen molar-refractivity contribution in [1.29, 1.82) is 0 Å². The number of para-hydroxylation sites is 1. The average Bonchev–Trinajstić information content (AvgIpc) is 3.01. The molecule has 9 heteroatoms. The third-order valence-corrected chi connectivity index (χ3v) is 7.46. The van der Waals surface area contributed by atoms with Gasteiger partial charge in [-0.25, -0.2) is 0 Å². The first-order chi connectivity index (χ1) is 15.3. The molecule has 0 radical (unpaired) electrons. The molecular formula is C23H19F3N2O3S. The van der Waals surface area contributed by atoms with Crippen molar-refractivity contribution in [1.82, 2.24) is 4.90 Å². The van der Waals surface area contributed by atoms with Gasteiger partial charge in [-0.15, -0.1) is 0 Å². The largest absolute Gasteiger partial charge is 0.416 e. The molecule has 3 amide bonds. The SMILES string of the molecule is O=C1[C@H]2CCCC[C@@H]2C(=O)N1CC(=O)N1c2ccccc2Sc2ccc(C(F)(F)F)cc21. The quantitative estimate of drug-likeness (QED) is 0.592. The second kappa shape index (κ2) is 7.65. The molecule has 0 aromatic heterocycles. The van der Waals surface area contributed by atoms with E-state index in [0.29, 0.717) is 28.3 Å². The number of hydrogen-bond donors (Lipinski definition) is 0. The summed E-state index contributed by atoms with van der Waals surface area (Å²) in [6, 6.07) is 10.2. The lowest BCUT2D eigenvalue weighted by atomic mass is 9.81. The summed E-state index contributed by atoms with van der Waals surface area (Å²) in [7, 11) is 0. The van der Waals surface area contributed by atoms with E-state index in [4.69, 9.17) is 0 Å². The zero-order chi connectivity index (χ0) is 22.6. The van der Waals surface area contributed by atoms with E-state index in [1.54, 1.807) is 24.3 Å². The van der Waals surface area contributed by atoms with Gasteiger partial charge in [-0.2, -0.15) is 13.2 Å². The van der Waals surface area contributed by atoms with Gasteiger partial charge in [0.25, 0.3) is 5.91 Å². The van der Waals surface area contributed by atoms with E-state index in [9.17, 15) is 27.6 Å². The Morgan fingerprint density at radius 2 is 1.56 bits per heavy atom. The van der Waals surface area contributed by atoms with E-state index in [2.05, 4.69) is 0 Å². The second-order valence-electron chi connectivity index (χ2n) is 8.24. The average molecular weight is 460 g/mol. The molecule has 32 heavy (non-hydrogen) atoms. The number of anilines is 2. The number of nitrogens with zero attached hydrogens (tertiary/aromatic N) is 2. The van der Waals surface area contributed by atoms with E-state index < -0.39 is 36.0 Å². The van der Waals surface area contributed by atoms with E-state index in [1.165, 1.54) is 22.7 Å². The lowest BCUT2D eigenvalue weighted by Gasteiger charge is -2.32. The zero-order valence-corrected chi connectivity index (χ0v) is 17.7. The third kappa shape index (κ3) is 3.39. The number of carbonyl (C=O) groups excluding carboxylic acids is 3. The van der Waals surface area contributed by atoms with Crippen molar-refractivity contribution in [3.8, 4) is 0 Å². The highest BCUT2D eigenvalue weighted by Crippen LogP contribution is 2.49. The summed E-state index contributed by atoms with van der Waals surface area (Å²) in [6.07, 6.45) is -1.58. The Hall–Kier alpha value is -2.81. The highest BCUT2D eigenvalue weighted by molar-refractivity contribution is 7.99. The third-order valence-electron chi connectivity index (χ3n) is 6.33. The molecule has 2 aromatic carbocycles. The Balaban J connectivity index is 1.52. The van der Waals surface area contributed by atoms with E-state index in [1.807, 2.05) is 0 Å². The second-order valence-corrected chi connectivity index (χ2v) is 9.32. The Morgan fingerprint density at radius 1 is 0.938 bits per heavy atom. The summed E-state index contributed by atoms with van der Waals surface area (Å²) >= 11 is 1.27. The standard InChI is InChI=1S/C23H19F3N2O3S/c24-23(25,26)13-9-10-19-17(11-13)28(16-7-3-4-8-18(16)32-19)20(29)12-27-21(30)14-5-1-2-6-15(14)22(27)31/h3-4,7-11,14-15H,1-2,5-6,12H2/t14-,15-/m0/s1. The fourth-order valence-corrected chi connectivity index (χ4v) is 5.83. The number of halogens is 3. The van der Waals surface area contributed by atoms with Crippen LogP contribution in [0.25, 0.3) is 0 Å². The van der Waals surface area contributed by atoms with Crippen LogP contribution in [0.15, 0.2) is 52.3 Å². The van der Waals surface area contributed by atoms with Crippen molar-refractivity contribution in [2.24, 2.45) is 11.8 Å². The minimum Gasteiger partial charge on any atom is -0.277 e. The van der Waals surface area contributed by atoms with Gasteiger partial charge in [-0.1, -0.05) is 36.7 Å². The topological polar surface area (TPSA) is 57.7 Å². The molecule has 0 bridgehead atoms. The number of hydrogen-bond acceptors (Lipinski definition) is 4. The van der Waals surface area contributed by atoms with Crippen molar-refractivity contribution in [3.05, 3.63) is 48.0 Å². The van der Waals surface area contributed by atoms with Crippen LogP contribution in [0.3, 0.4) is 0 Å². The van der Waals surface area contributed by atoms with Crippen LogP contribution >= 0.6 is 11.8 Å². The normalized spacial score (nSPS) is 22.5. The molecule has 2 atom stereocenters. The molecule has 0 N–H and O–H groups in total. The summed E-state index contributed by atoms with van der Waals surface area (Å²) in [5.41, 5.74) is -0.329. The van der Waals surface area contributed by atoms with Crippen LogP contribution in [-0.2, 0) is 20.6 Å². The summed E-state index contributed by atoms with van der Waals surface area (Å²) in [6.45, 7) is -0.487. The Labute approximate surface area is 186 Å². The number of likely N-dealkylation sites (tertiary alicyclic amines) is 1. The highest BCUT2D eigenvalue weighted by Gasteiger charge is 2.49. The van der Waals surface area contributed by atoms with Gasteiger partial charge in [0, 0.05) is 9.79 Å². The van der Waals surface area contributed by atoms with Gasteiger partial charge in [0.1, 0.15) is 6.54 Å². The first-order valence-electron chi connectivity index (χ1n) is 10.4. The first-order valence-corrected chi connectivity index (χ1v) is 11.2. The van der Waals surface area contributed by atoms with Gasteiger partial charge in [0.05, 0.1) is 28.8 Å². The van der Waals surface area contributed by atoms with Crippen LogP contribution in [0.4, 0.5) is 24.5 Å². The van der Waals surface area contributed by atoms with E-state index >= 15 is 0 Å². The van der Waals surface area contributed by atoms with Gasteiger partial charge in [0.2, 0.25) is 11.8 Å². The molecule has 0 spiro atoms. The van der Waals surface area contributed by atoms with Crippen LogP contribution in [0.1, 0.15) is 31.2 Å². The molecule has 1 saturated carbocycles. The number of amides is 3. The lowest BCUT2D eigenvalue weighted by molar-refractivity contribution is -0.143. The van der Waals surface area contributed by atoms with Crippen LogP contribution in [0.2, 0.25) is 0 Å². The van der Waals surface area contributed by atoms with Crippen molar-refractivity contribution in [2.45, 2.75) is 41.7 Å². The Kier molecular flexibility index (Phi) is 5.03. The molecule has 5 rings (SSSR count). The molecule has 166 valence electrons. The number of benzene rings is 2. The van der Waals surface area contributed by atoms with Crippen molar-refractivity contribution >= 4 is 40.9 Å². The lowest BCUT2D eigenvalue weighted by Crippen LogP contribution is -2.42. The minimum atomic E-state index is -4.57. The van der Waals surface area contributed by atoms with Crippen LogP contribution < -0.4 is 4.90 Å². The fourth-order valence-electron chi connectivity index (χ4n) is 4.79. The monoisotopic (exact) mass is 460 g/mol. The zero-order valence-electron chi connectivity index (χ0n) is 16.9. The molecule has 1 aliphatic carbocycles. The maximum Gasteiger partial charge on any atom is 0.416 e. The van der Waals surface area contributed by atoms with Crippen LogP contribution in [-0.4, -0.2) is 29.2 Å². The first kappa shape index (κ1) is 21.1. The molecule has 2 fully saturated rings. The smallest absolute Gasteiger partial charge is 0.277 e. The minimum absolute atomic E-state index is 0.102. The van der Waals surface area contributed by atoms with Crippen molar-refractivity contribution in [2.75, 3.05) is 11.4 Å². The van der Waals surface area contributed by atoms with Gasteiger partial charge in [-0.05, 0) is 43.2 Å². The summed E-state index contributed by atoms with van der Waals surface area (Å²) < 4.78 is 40.1. The Bertz CT molecular complexity index is 1110. The van der Waals surface area contributed by atoms with Crippen molar-refractivity contribution < 1.29 is 27.6 Å². The van der Waals surface area contributed by atoms with Gasteiger partial charge in [-0.3, -0.25) is 24.2 Å². The van der Waals surface area contributed by atoms with E-state index in [-0.39, 0.29) is 17.5 Å². The van der Waals surface area contributed by atoms with Gasteiger partial charge >= 0.3 is 6.18 Å². The fraction of sp³-hybridized carbons (Fsp3) is 0.348. The number of rotatable bonds is 2. The maximum absolute atomic E-state index is 13.4.